The van der Waals surface area contributed by atoms with Crippen LogP contribution in [0.25, 0.3) is 0 Å². The Morgan fingerprint density at radius 1 is 1.00 bits per heavy atom. The van der Waals surface area contributed by atoms with Crippen molar-refractivity contribution in [2.75, 3.05) is 13.7 Å². The molecule has 3 rings (SSSR count). The zero-order valence-electron chi connectivity index (χ0n) is 17.6. The fourth-order valence-corrected chi connectivity index (χ4v) is 3.24. The first-order valence-corrected chi connectivity index (χ1v) is 10.6. The SMILES string of the molecule is CCOc1ccc(C(=O)N/N=C/c2ccc(OCc3ccc(Cl)cc3Cl)c(OC)c2)cc1. The summed E-state index contributed by atoms with van der Waals surface area (Å²) in [5, 5.41) is 5.11. The lowest BCUT2D eigenvalue weighted by molar-refractivity contribution is 0.0955. The molecule has 0 saturated carbocycles. The van der Waals surface area contributed by atoms with Crippen molar-refractivity contribution >= 4 is 35.3 Å². The lowest BCUT2D eigenvalue weighted by Crippen LogP contribution is -2.17. The fraction of sp³-hybridized carbons (Fsp3) is 0.167. The van der Waals surface area contributed by atoms with Crippen LogP contribution in [0.1, 0.15) is 28.4 Å². The first-order chi connectivity index (χ1) is 15.5. The number of methoxy groups -OCH3 is 1. The first-order valence-electron chi connectivity index (χ1n) is 9.81. The van der Waals surface area contributed by atoms with E-state index in [1.807, 2.05) is 13.0 Å². The summed E-state index contributed by atoms with van der Waals surface area (Å²) in [6.45, 7) is 2.73. The number of hydrogen-bond acceptors (Lipinski definition) is 5. The molecule has 0 radical (unpaired) electrons. The predicted octanol–water partition coefficient (Wildman–Crippen LogP) is 5.74. The molecule has 32 heavy (non-hydrogen) atoms. The minimum atomic E-state index is -0.323. The van der Waals surface area contributed by atoms with Crippen molar-refractivity contribution in [1.82, 2.24) is 5.43 Å². The van der Waals surface area contributed by atoms with Gasteiger partial charge < -0.3 is 14.2 Å². The molecule has 0 aliphatic rings. The van der Waals surface area contributed by atoms with Gasteiger partial charge in [0.15, 0.2) is 11.5 Å². The molecule has 0 aliphatic carbocycles. The van der Waals surface area contributed by atoms with Gasteiger partial charge in [-0.15, -0.1) is 0 Å². The van der Waals surface area contributed by atoms with Gasteiger partial charge in [-0.1, -0.05) is 29.3 Å². The monoisotopic (exact) mass is 472 g/mol. The highest BCUT2D eigenvalue weighted by Gasteiger charge is 2.08. The van der Waals surface area contributed by atoms with Crippen molar-refractivity contribution in [1.29, 1.82) is 0 Å². The van der Waals surface area contributed by atoms with Gasteiger partial charge in [-0.2, -0.15) is 5.10 Å². The Morgan fingerprint density at radius 2 is 1.78 bits per heavy atom. The third-order valence-corrected chi connectivity index (χ3v) is 4.98. The fourth-order valence-electron chi connectivity index (χ4n) is 2.78. The summed E-state index contributed by atoms with van der Waals surface area (Å²) in [4.78, 5) is 12.2. The summed E-state index contributed by atoms with van der Waals surface area (Å²) in [7, 11) is 1.55. The number of carbonyl (C=O) groups is 1. The Bertz CT molecular complexity index is 1100. The summed E-state index contributed by atoms with van der Waals surface area (Å²) in [5.41, 5.74) is 4.51. The Hall–Kier alpha value is -3.22. The van der Waals surface area contributed by atoms with Crippen molar-refractivity contribution in [2.24, 2.45) is 5.10 Å². The molecule has 166 valence electrons. The number of nitrogens with zero attached hydrogens (tertiary/aromatic N) is 1. The van der Waals surface area contributed by atoms with E-state index >= 15 is 0 Å². The Morgan fingerprint density at radius 3 is 2.47 bits per heavy atom. The number of hydrogen-bond donors (Lipinski definition) is 1. The lowest BCUT2D eigenvalue weighted by atomic mass is 10.2. The third-order valence-electron chi connectivity index (χ3n) is 4.39. The average Bonchev–Trinajstić information content (AvgIpc) is 2.79. The molecule has 0 saturated heterocycles. The molecule has 0 atom stereocenters. The summed E-state index contributed by atoms with van der Waals surface area (Å²) >= 11 is 12.1. The number of hydrazone groups is 1. The maximum absolute atomic E-state index is 12.2. The molecule has 0 bridgehead atoms. The van der Waals surface area contributed by atoms with E-state index in [0.717, 1.165) is 11.1 Å². The van der Waals surface area contributed by atoms with Crippen LogP contribution in [0, 0.1) is 0 Å². The second-order valence-electron chi connectivity index (χ2n) is 6.59. The second kappa shape index (κ2) is 11.4. The van der Waals surface area contributed by atoms with E-state index in [1.54, 1.807) is 61.7 Å². The molecular formula is C24H22Cl2N2O4. The maximum Gasteiger partial charge on any atom is 0.271 e. The molecule has 0 spiro atoms. The maximum atomic E-state index is 12.2. The van der Waals surface area contributed by atoms with Gasteiger partial charge in [0.2, 0.25) is 0 Å². The minimum Gasteiger partial charge on any atom is -0.494 e. The van der Waals surface area contributed by atoms with E-state index < -0.39 is 0 Å². The van der Waals surface area contributed by atoms with Crippen LogP contribution in [-0.4, -0.2) is 25.8 Å². The molecule has 0 aliphatic heterocycles. The molecular weight excluding hydrogens is 451 g/mol. The van der Waals surface area contributed by atoms with Gasteiger partial charge in [0.05, 0.1) is 19.9 Å². The van der Waals surface area contributed by atoms with Crippen molar-refractivity contribution in [3.63, 3.8) is 0 Å². The number of ether oxygens (including phenoxy) is 3. The van der Waals surface area contributed by atoms with Crippen molar-refractivity contribution < 1.29 is 19.0 Å². The van der Waals surface area contributed by atoms with Gasteiger partial charge >= 0.3 is 0 Å². The highest BCUT2D eigenvalue weighted by molar-refractivity contribution is 6.35. The van der Waals surface area contributed by atoms with Crippen LogP contribution in [0.5, 0.6) is 17.2 Å². The third kappa shape index (κ3) is 6.39. The molecule has 0 unspecified atom stereocenters. The zero-order valence-corrected chi connectivity index (χ0v) is 19.1. The highest BCUT2D eigenvalue weighted by atomic mass is 35.5. The topological polar surface area (TPSA) is 69.2 Å². The van der Waals surface area contributed by atoms with Crippen LogP contribution < -0.4 is 19.6 Å². The standard InChI is InChI=1S/C24H22Cl2N2O4/c1-3-31-20-9-6-17(7-10-20)24(29)28-27-14-16-4-11-22(23(12-16)30-2)32-15-18-5-8-19(25)13-21(18)26/h4-14H,3,15H2,1-2H3,(H,28,29)/b27-14+. The molecule has 0 fully saturated rings. The predicted molar refractivity (Wildman–Crippen MR) is 126 cm³/mol. The smallest absolute Gasteiger partial charge is 0.271 e. The summed E-state index contributed by atoms with van der Waals surface area (Å²) < 4.78 is 16.6. The number of halogens is 2. The first kappa shape index (κ1) is 23.4. The van der Waals surface area contributed by atoms with Crippen LogP contribution in [0.3, 0.4) is 0 Å². The van der Waals surface area contributed by atoms with Gasteiger partial charge in [-0.3, -0.25) is 4.79 Å². The highest BCUT2D eigenvalue weighted by Crippen LogP contribution is 2.29. The van der Waals surface area contributed by atoms with E-state index in [-0.39, 0.29) is 12.5 Å². The van der Waals surface area contributed by atoms with Gasteiger partial charge in [-0.05, 0) is 67.1 Å². The van der Waals surface area contributed by atoms with E-state index in [0.29, 0.717) is 39.5 Å². The largest absolute Gasteiger partial charge is 0.494 e. The van der Waals surface area contributed by atoms with Crippen molar-refractivity contribution in [3.05, 3.63) is 87.4 Å². The van der Waals surface area contributed by atoms with E-state index in [9.17, 15) is 4.79 Å². The normalized spacial score (nSPS) is 10.8. The number of nitrogens with one attached hydrogen (secondary N) is 1. The number of carbonyl (C=O) groups excluding carboxylic acids is 1. The minimum absolute atomic E-state index is 0.262. The van der Waals surface area contributed by atoms with Gasteiger partial charge in [-0.25, -0.2) is 5.43 Å². The Labute approximate surface area is 196 Å². The van der Waals surface area contributed by atoms with Gasteiger partial charge in [0, 0.05) is 21.2 Å². The van der Waals surface area contributed by atoms with Crippen LogP contribution in [0.2, 0.25) is 10.0 Å². The van der Waals surface area contributed by atoms with Gasteiger partial charge in [0.25, 0.3) is 5.91 Å². The van der Waals surface area contributed by atoms with Crippen LogP contribution in [0.15, 0.2) is 65.8 Å². The quantitative estimate of drug-likeness (QED) is 0.318. The zero-order chi connectivity index (χ0) is 22.9. The summed E-state index contributed by atoms with van der Waals surface area (Å²) in [5.74, 6) is 1.46. The Balaban J connectivity index is 1.60. The second-order valence-corrected chi connectivity index (χ2v) is 7.43. The summed E-state index contributed by atoms with van der Waals surface area (Å²) in [6.07, 6.45) is 1.52. The molecule has 3 aromatic rings. The van der Waals surface area contributed by atoms with Crippen molar-refractivity contribution in [3.8, 4) is 17.2 Å². The van der Waals surface area contributed by atoms with E-state index in [1.165, 1.54) is 6.21 Å². The molecule has 1 amide bonds. The molecule has 8 heteroatoms. The van der Waals surface area contributed by atoms with Crippen LogP contribution >= 0.6 is 23.2 Å². The molecule has 0 aromatic heterocycles. The summed E-state index contributed by atoms with van der Waals surface area (Å²) in [6, 6.07) is 17.4. The molecule has 1 N–H and O–H groups in total. The van der Waals surface area contributed by atoms with Crippen LogP contribution in [-0.2, 0) is 6.61 Å². The number of rotatable bonds is 9. The van der Waals surface area contributed by atoms with Crippen molar-refractivity contribution in [2.45, 2.75) is 13.5 Å². The average molecular weight is 473 g/mol. The number of amides is 1. The number of benzene rings is 3. The molecule has 6 nitrogen and oxygen atoms in total. The van der Waals surface area contributed by atoms with E-state index in [2.05, 4.69) is 10.5 Å². The van der Waals surface area contributed by atoms with Crippen LogP contribution in [0.4, 0.5) is 0 Å². The lowest BCUT2D eigenvalue weighted by Gasteiger charge is -2.12. The molecule has 3 aromatic carbocycles. The Kier molecular flexibility index (Phi) is 8.36. The van der Waals surface area contributed by atoms with Gasteiger partial charge in [0.1, 0.15) is 12.4 Å². The van der Waals surface area contributed by atoms with E-state index in [4.69, 9.17) is 37.4 Å². The molecule has 0 heterocycles.